The van der Waals surface area contributed by atoms with E-state index >= 15 is 0 Å². The Morgan fingerprint density at radius 2 is 1.84 bits per heavy atom. The zero-order valence-corrected chi connectivity index (χ0v) is 33.2. The molecule has 7 aliphatic heterocycles. The molecule has 0 aromatic heterocycles. The van der Waals surface area contributed by atoms with Gasteiger partial charge in [0.2, 0.25) is 6.79 Å². The van der Waals surface area contributed by atoms with Crippen LogP contribution in [0.4, 0.5) is 0 Å². The Kier molecular flexibility index (Phi) is 9.64. The zero-order valence-electron chi connectivity index (χ0n) is 32.4. The largest absolute Gasteiger partial charge is 0.504 e. The van der Waals surface area contributed by atoms with Crippen LogP contribution in [0.5, 0.6) is 40.2 Å². The minimum absolute atomic E-state index is 0.0137. The van der Waals surface area contributed by atoms with E-state index in [1.807, 2.05) is 36.9 Å². The van der Waals surface area contributed by atoms with Gasteiger partial charge in [-0.15, -0.1) is 11.8 Å². The third-order valence-corrected chi connectivity index (χ3v) is 13.8. The molecule has 15 nitrogen and oxygen atoms in total. The van der Waals surface area contributed by atoms with Crippen LogP contribution in [0.15, 0.2) is 18.2 Å². The maximum atomic E-state index is 14.8. The zero-order chi connectivity index (χ0) is 39.9. The summed E-state index contributed by atoms with van der Waals surface area (Å²) in [6.07, 6.45) is 0.423. The number of esters is 2. The predicted octanol–water partition coefficient (Wildman–Crippen LogP) is 3.13. The molecule has 0 saturated carbocycles. The summed E-state index contributed by atoms with van der Waals surface area (Å²) in [5, 5.41) is 40.4. The predicted molar refractivity (Wildman–Crippen MR) is 205 cm³/mol. The summed E-state index contributed by atoms with van der Waals surface area (Å²) >= 11 is 1.47. The van der Waals surface area contributed by atoms with Gasteiger partial charge in [-0.05, 0) is 61.1 Å². The summed E-state index contributed by atoms with van der Waals surface area (Å²) in [6.45, 7) is 5.55. The second kappa shape index (κ2) is 14.4. The van der Waals surface area contributed by atoms with Crippen molar-refractivity contribution in [1.82, 2.24) is 15.5 Å². The van der Waals surface area contributed by atoms with Crippen LogP contribution < -0.4 is 39.1 Å². The van der Waals surface area contributed by atoms with Crippen LogP contribution in [0, 0.1) is 13.8 Å². The molecular formula is C41H47N3O12S. The molecule has 16 heteroatoms. The monoisotopic (exact) mass is 805 g/mol. The van der Waals surface area contributed by atoms with E-state index in [0.29, 0.717) is 94.7 Å². The lowest BCUT2D eigenvalue weighted by molar-refractivity contribution is -0.164. The number of aliphatic hydroxyl groups is 2. The van der Waals surface area contributed by atoms with Crippen molar-refractivity contribution < 1.29 is 58.1 Å². The van der Waals surface area contributed by atoms with Crippen molar-refractivity contribution in [3.05, 3.63) is 62.7 Å². The quantitative estimate of drug-likeness (QED) is 0.133. The number of aliphatic hydroxyl groups excluding tert-OH is 2. The number of benzene rings is 3. The van der Waals surface area contributed by atoms with Gasteiger partial charge in [0.15, 0.2) is 40.0 Å². The molecular weight excluding hydrogens is 759 g/mol. The fourth-order valence-corrected chi connectivity index (χ4v) is 11.6. The smallest absolute Gasteiger partial charge is 0.331 e. The molecule has 7 atom stereocenters. The number of methoxy groups -OCH3 is 2. The van der Waals surface area contributed by atoms with E-state index in [2.05, 4.69) is 10.6 Å². The van der Waals surface area contributed by atoms with Gasteiger partial charge < -0.3 is 53.8 Å². The van der Waals surface area contributed by atoms with Crippen LogP contribution in [0.3, 0.4) is 0 Å². The second-order valence-corrected chi connectivity index (χ2v) is 16.5. The molecule has 3 aromatic carbocycles. The summed E-state index contributed by atoms with van der Waals surface area (Å²) < 4.78 is 42.3. The fourth-order valence-electron chi connectivity index (χ4n) is 9.95. The average Bonchev–Trinajstić information content (AvgIpc) is 3.69. The molecule has 2 fully saturated rings. The lowest BCUT2D eigenvalue weighted by Crippen LogP contribution is -2.69. The first kappa shape index (κ1) is 38.1. The molecule has 0 radical (unpaired) electrons. The number of hydrogen-bond donors (Lipinski definition) is 5. The summed E-state index contributed by atoms with van der Waals surface area (Å²) in [4.78, 5) is 29.7. The topological polar surface area (TPSA) is 187 Å². The Balaban J connectivity index is 1.26. The summed E-state index contributed by atoms with van der Waals surface area (Å²) in [5.74, 6) is 1.69. The van der Waals surface area contributed by atoms with Crippen LogP contribution in [0.1, 0.15) is 75.2 Å². The van der Waals surface area contributed by atoms with Gasteiger partial charge in [-0.1, -0.05) is 6.07 Å². The number of piperazine rings is 1. The molecule has 7 aliphatic rings. The first-order valence-corrected chi connectivity index (χ1v) is 20.3. The van der Waals surface area contributed by atoms with Crippen molar-refractivity contribution in [2.24, 2.45) is 0 Å². The van der Waals surface area contributed by atoms with E-state index in [1.165, 1.54) is 25.8 Å². The molecule has 7 heterocycles. The number of hydrogen-bond acceptors (Lipinski definition) is 16. The maximum Gasteiger partial charge on any atom is 0.331 e. The van der Waals surface area contributed by atoms with Crippen LogP contribution >= 0.6 is 11.8 Å². The van der Waals surface area contributed by atoms with E-state index in [4.69, 9.17) is 33.2 Å². The lowest BCUT2D eigenvalue weighted by atomic mass is 9.74. The average molecular weight is 806 g/mol. The number of phenols is 1. The van der Waals surface area contributed by atoms with E-state index < -0.39 is 53.1 Å². The van der Waals surface area contributed by atoms with E-state index in [0.717, 1.165) is 16.7 Å². The van der Waals surface area contributed by atoms with Gasteiger partial charge in [-0.2, -0.15) is 0 Å². The number of nitrogens with one attached hydrogen (secondary N) is 2. The third-order valence-electron chi connectivity index (χ3n) is 12.3. The maximum absolute atomic E-state index is 14.8. The number of ether oxygens (including phenoxy) is 7. The number of carbonyl (C=O) groups is 2. The van der Waals surface area contributed by atoms with Crippen molar-refractivity contribution in [2.75, 3.05) is 53.1 Å². The number of nitrogens with zero attached hydrogens (tertiary/aromatic N) is 1. The van der Waals surface area contributed by atoms with E-state index in [1.54, 1.807) is 7.11 Å². The molecule has 3 aromatic rings. The highest BCUT2D eigenvalue weighted by molar-refractivity contribution is 7.99. The van der Waals surface area contributed by atoms with E-state index in [9.17, 15) is 24.9 Å². The minimum Gasteiger partial charge on any atom is -0.504 e. The van der Waals surface area contributed by atoms with Crippen LogP contribution in [0.2, 0.25) is 0 Å². The van der Waals surface area contributed by atoms with Crippen molar-refractivity contribution in [2.45, 2.75) is 81.2 Å². The van der Waals surface area contributed by atoms with Crippen LogP contribution in [-0.4, -0.2) is 104 Å². The summed E-state index contributed by atoms with van der Waals surface area (Å²) in [6, 6.07) is 3.38. The number of phenolic OH excluding ortho intramolecular Hbond substituents is 1. The molecule has 5 N–H and O–H groups in total. The van der Waals surface area contributed by atoms with Gasteiger partial charge in [0.25, 0.3) is 0 Å². The molecule has 2 saturated heterocycles. The second-order valence-electron chi connectivity index (χ2n) is 15.4. The first-order valence-electron chi connectivity index (χ1n) is 19.3. The molecule has 4 bridgehead atoms. The normalized spacial score (nSPS) is 28.1. The lowest BCUT2D eigenvalue weighted by Gasteiger charge is -2.59. The summed E-state index contributed by atoms with van der Waals surface area (Å²) in [5.41, 5.74) is 4.46. The molecule has 304 valence electrons. The Bertz CT molecular complexity index is 2170. The standard InChI is InChI=1S/C41H47N3O12S/c1-18-11-22-12-24-39(48)44-25-15-53-40(49)41(23-14-26(50-4)27(52-10-6-9-45)13-21(23)7-8-42-41)16-57-38(32(44)31(43-24)28(22)33(47)34(18)51-5)30-29(25)37-36(54-17-55-37)19(2)35(30)56-20(3)46/h11,13-14,24-25,31-32,38-39,42-43,45,47-48H,6-10,12,15-17H2,1-5H3/t24-,25-,31+,32+,38+,39-,41+/m0/s1. The summed E-state index contributed by atoms with van der Waals surface area (Å²) in [7, 11) is 3.07. The van der Waals surface area contributed by atoms with Crippen molar-refractivity contribution in [3.8, 4) is 40.2 Å². The van der Waals surface area contributed by atoms with Gasteiger partial charge in [-0.25, -0.2) is 4.79 Å². The molecule has 1 spiro atoms. The third kappa shape index (κ3) is 5.74. The highest BCUT2D eigenvalue weighted by atomic mass is 32.2. The van der Waals surface area contributed by atoms with Crippen molar-refractivity contribution in [1.29, 1.82) is 0 Å². The van der Waals surface area contributed by atoms with Crippen LogP contribution in [0.25, 0.3) is 0 Å². The van der Waals surface area contributed by atoms with Crippen molar-refractivity contribution >= 4 is 23.7 Å². The molecule has 0 amide bonds. The molecule has 0 aliphatic carbocycles. The minimum atomic E-state index is -1.35. The highest BCUT2D eigenvalue weighted by Crippen LogP contribution is 2.63. The number of rotatable bonds is 7. The number of aromatic hydroxyl groups is 1. The molecule has 57 heavy (non-hydrogen) atoms. The highest BCUT2D eigenvalue weighted by Gasteiger charge is 2.60. The van der Waals surface area contributed by atoms with Gasteiger partial charge >= 0.3 is 11.9 Å². The Labute approximate surface area is 333 Å². The van der Waals surface area contributed by atoms with Crippen molar-refractivity contribution in [3.63, 3.8) is 0 Å². The number of aryl methyl sites for hydroxylation is 1. The first-order chi connectivity index (χ1) is 27.5. The number of carbonyl (C=O) groups excluding carboxylic acids is 2. The van der Waals surface area contributed by atoms with Gasteiger partial charge in [0.1, 0.15) is 18.6 Å². The number of fused-ring (bicyclic) bond motifs is 9. The Morgan fingerprint density at radius 1 is 1.04 bits per heavy atom. The fraction of sp³-hybridized carbons (Fsp3) is 0.512. The Hall–Kier alpha value is -4.45. The van der Waals surface area contributed by atoms with E-state index in [-0.39, 0.29) is 31.5 Å². The van der Waals surface area contributed by atoms with Gasteiger partial charge in [0.05, 0.1) is 44.2 Å². The number of thioether (sulfide) groups is 1. The SMILES string of the molecule is COc1cc2c(cc1OCCCO)CCN[C@]21CS[C@@H]2c3c(OC(C)=O)c(C)c4c(c3[C@H](COC1=O)N1[C@@H]2[C@@H]2N[C@@H](Cc3cc(C)c(OC)c(O)c32)[C@@H]1O)OCO4. The Morgan fingerprint density at radius 3 is 2.60 bits per heavy atom. The molecule has 0 unspecified atom stereocenters. The van der Waals surface area contributed by atoms with Crippen LogP contribution in [-0.2, 0) is 32.7 Å². The van der Waals surface area contributed by atoms with Gasteiger partial charge in [0, 0.05) is 60.5 Å². The molecule has 10 rings (SSSR count). The van der Waals surface area contributed by atoms with Gasteiger partial charge in [-0.3, -0.25) is 15.0 Å².